The van der Waals surface area contributed by atoms with Gasteiger partial charge in [-0.1, -0.05) is 17.7 Å². The minimum absolute atomic E-state index is 0. The molecular formula is C9H9Cl2NS2. The van der Waals surface area contributed by atoms with Crippen molar-refractivity contribution in [3.8, 4) is 0 Å². The van der Waals surface area contributed by atoms with Gasteiger partial charge in [-0.3, -0.25) is 0 Å². The molecule has 0 aromatic carbocycles. The van der Waals surface area contributed by atoms with Crippen molar-refractivity contribution in [2.24, 2.45) is 5.73 Å². The van der Waals surface area contributed by atoms with Gasteiger partial charge in [-0.2, -0.15) is 0 Å². The van der Waals surface area contributed by atoms with Crippen molar-refractivity contribution in [1.82, 2.24) is 0 Å². The molecule has 2 rings (SSSR count). The zero-order chi connectivity index (χ0) is 9.26. The van der Waals surface area contributed by atoms with Crippen LogP contribution in [0.2, 0.25) is 5.02 Å². The van der Waals surface area contributed by atoms with Gasteiger partial charge in [0.15, 0.2) is 0 Å². The van der Waals surface area contributed by atoms with Gasteiger partial charge in [-0.25, -0.2) is 0 Å². The summed E-state index contributed by atoms with van der Waals surface area (Å²) >= 11 is 9.25. The number of hydrogen-bond acceptors (Lipinski definition) is 3. The van der Waals surface area contributed by atoms with Gasteiger partial charge in [0.1, 0.15) is 0 Å². The summed E-state index contributed by atoms with van der Waals surface area (Å²) in [6.45, 7) is 0. The zero-order valence-corrected chi connectivity index (χ0v) is 10.3. The van der Waals surface area contributed by atoms with Crippen LogP contribution >= 0.6 is 46.7 Å². The Kier molecular flexibility index (Phi) is 4.41. The van der Waals surface area contributed by atoms with E-state index in [1.54, 1.807) is 22.7 Å². The SMILES string of the molecule is Cl.N[C@H](c1cccs1)c1sccc1Cl. The van der Waals surface area contributed by atoms with Gasteiger partial charge in [0.2, 0.25) is 0 Å². The normalized spacial score (nSPS) is 12.1. The highest BCUT2D eigenvalue weighted by atomic mass is 35.5. The smallest absolute Gasteiger partial charge is 0.0754 e. The second-order valence-corrected chi connectivity index (χ2v) is 4.96. The molecule has 2 aromatic heterocycles. The van der Waals surface area contributed by atoms with E-state index in [0.29, 0.717) is 0 Å². The summed E-state index contributed by atoms with van der Waals surface area (Å²) in [5, 5.41) is 4.76. The lowest BCUT2D eigenvalue weighted by molar-refractivity contribution is 0.918. The van der Waals surface area contributed by atoms with Crippen LogP contribution in [0.4, 0.5) is 0 Å². The molecule has 0 amide bonds. The number of nitrogens with two attached hydrogens (primary N) is 1. The summed E-state index contributed by atoms with van der Waals surface area (Å²) < 4.78 is 0. The first kappa shape index (κ1) is 12.0. The number of halogens is 2. The maximum atomic E-state index is 6.04. The van der Waals surface area contributed by atoms with E-state index in [1.165, 1.54) is 0 Å². The molecule has 0 bridgehead atoms. The van der Waals surface area contributed by atoms with E-state index < -0.39 is 0 Å². The predicted molar refractivity (Wildman–Crippen MR) is 66.9 cm³/mol. The zero-order valence-electron chi connectivity index (χ0n) is 7.14. The topological polar surface area (TPSA) is 26.0 Å². The number of thiophene rings is 2. The standard InChI is InChI=1S/C9H8ClNS2.ClH/c10-6-3-5-13-9(6)8(11)7-2-1-4-12-7;/h1-5,8H,11H2;1H/t8-;/m1./s1. The first-order chi connectivity index (χ1) is 6.29. The first-order valence-corrected chi connectivity index (χ1v) is 5.94. The molecule has 1 nitrogen and oxygen atoms in total. The van der Waals surface area contributed by atoms with Crippen LogP contribution in [-0.4, -0.2) is 0 Å². The Morgan fingerprint density at radius 1 is 1.21 bits per heavy atom. The van der Waals surface area contributed by atoms with Crippen LogP contribution < -0.4 is 5.73 Å². The second-order valence-electron chi connectivity index (χ2n) is 2.63. The Morgan fingerprint density at radius 3 is 2.50 bits per heavy atom. The van der Waals surface area contributed by atoms with Crippen molar-refractivity contribution in [3.05, 3.63) is 43.7 Å². The molecule has 0 aliphatic carbocycles. The predicted octanol–water partition coefficient (Wildman–Crippen LogP) is 3.93. The maximum Gasteiger partial charge on any atom is 0.0754 e. The van der Waals surface area contributed by atoms with E-state index in [1.807, 2.05) is 29.0 Å². The third kappa shape index (κ3) is 2.30. The maximum absolute atomic E-state index is 6.04. The quantitative estimate of drug-likeness (QED) is 0.875. The van der Waals surface area contributed by atoms with E-state index in [4.69, 9.17) is 17.3 Å². The summed E-state index contributed by atoms with van der Waals surface area (Å²) in [6.07, 6.45) is 0. The molecule has 2 aromatic rings. The summed E-state index contributed by atoms with van der Waals surface area (Å²) in [4.78, 5) is 2.20. The number of hydrogen-bond donors (Lipinski definition) is 1. The van der Waals surface area contributed by atoms with Gasteiger partial charge in [-0.15, -0.1) is 35.1 Å². The van der Waals surface area contributed by atoms with Crippen molar-refractivity contribution in [3.63, 3.8) is 0 Å². The van der Waals surface area contributed by atoms with Crippen LogP contribution in [0, 0.1) is 0 Å². The Labute approximate surface area is 102 Å². The molecule has 14 heavy (non-hydrogen) atoms. The van der Waals surface area contributed by atoms with Crippen molar-refractivity contribution in [2.75, 3.05) is 0 Å². The number of rotatable bonds is 2. The van der Waals surface area contributed by atoms with Crippen molar-refractivity contribution in [2.45, 2.75) is 6.04 Å². The second kappa shape index (κ2) is 5.14. The van der Waals surface area contributed by atoms with E-state index in [9.17, 15) is 0 Å². The van der Waals surface area contributed by atoms with Crippen LogP contribution in [0.5, 0.6) is 0 Å². The fourth-order valence-electron chi connectivity index (χ4n) is 1.12. The fourth-order valence-corrected chi connectivity index (χ4v) is 3.13. The van der Waals surface area contributed by atoms with Gasteiger partial charge in [0, 0.05) is 9.75 Å². The Hall–Kier alpha value is -0.0600. The molecule has 0 aliphatic heterocycles. The minimum atomic E-state index is -0.0625. The highest BCUT2D eigenvalue weighted by Crippen LogP contribution is 2.32. The molecular weight excluding hydrogens is 257 g/mol. The van der Waals surface area contributed by atoms with E-state index in [2.05, 4.69) is 0 Å². The Morgan fingerprint density at radius 2 is 2.00 bits per heavy atom. The highest BCUT2D eigenvalue weighted by molar-refractivity contribution is 7.12. The molecule has 2 N–H and O–H groups in total. The fraction of sp³-hybridized carbons (Fsp3) is 0.111. The van der Waals surface area contributed by atoms with Crippen molar-refractivity contribution >= 4 is 46.7 Å². The van der Waals surface area contributed by atoms with Crippen molar-refractivity contribution < 1.29 is 0 Å². The molecule has 5 heteroatoms. The molecule has 0 saturated carbocycles. The molecule has 0 radical (unpaired) electrons. The van der Waals surface area contributed by atoms with Gasteiger partial charge in [0.25, 0.3) is 0 Å². The highest BCUT2D eigenvalue weighted by Gasteiger charge is 2.14. The van der Waals surface area contributed by atoms with Crippen LogP contribution in [0.25, 0.3) is 0 Å². The molecule has 76 valence electrons. The lowest BCUT2D eigenvalue weighted by Crippen LogP contribution is -2.08. The third-order valence-electron chi connectivity index (χ3n) is 1.78. The average Bonchev–Trinajstić information content (AvgIpc) is 2.72. The molecule has 0 unspecified atom stereocenters. The molecule has 2 heterocycles. The van der Waals surface area contributed by atoms with Gasteiger partial charge in [0.05, 0.1) is 11.1 Å². The van der Waals surface area contributed by atoms with Gasteiger partial charge in [-0.05, 0) is 22.9 Å². The molecule has 0 spiro atoms. The average molecular weight is 266 g/mol. The molecule has 0 fully saturated rings. The Bertz CT molecular complexity index is 383. The lowest BCUT2D eigenvalue weighted by atomic mass is 10.2. The van der Waals surface area contributed by atoms with Gasteiger partial charge >= 0.3 is 0 Å². The van der Waals surface area contributed by atoms with E-state index >= 15 is 0 Å². The van der Waals surface area contributed by atoms with Crippen LogP contribution in [0.15, 0.2) is 29.0 Å². The Balaban J connectivity index is 0.000000980. The largest absolute Gasteiger partial charge is 0.319 e. The molecule has 1 atom stereocenters. The summed E-state index contributed by atoms with van der Waals surface area (Å²) in [6, 6.07) is 5.86. The van der Waals surface area contributed by atoms with Crippen LogP contribution in [-0.2, 0) is 0 Å². The minimum Gasteiger partial charge on any atom is -0.319 e. The van der Waals surface area contributed by atoms with Crippen LogP contribution in [0.1, 0.15) is 15.8 Å². The third-order valence-corrected chi connectivity index (χ3v) is 4.17. The first-order valence-electron chi connectivity index (χ1n) is 3.81. The summed E-state index contributed by atoms with van der Waals surface area (Å²) in [5.41, 5.74) is 6.04. The van der Waals surface area contributed by atoms with Crippen molar-refractivity contribution in [1.29, 1.82) is 0 Å². The van der Waals surface area contributed by atoms with E-state index in [0.717, 1.165) is 14.8 Å². The van der Waals surface area contributed by atoms with Gasteiger partial charge < -0.3 is 5.73 Å². The molecule has 0 aliphatic rings. The van der Waals surface area contributed by atoms with Crippen LogP contribution in [0.3, 0.4) is 0 Å². The molecule has 0 saturated heterocycles. The summed E-state index contributed by atoms with van der Waals surface area (Å²) in [5.74, 6) is 0. The van der Waals surface area contributed by atoms with E-state index in [-0.39, 0.29) is 18.4 Å². The monoisotopic (exact) mass is 265 g/mol. The summed E-state index contributed by atoms with van der Waals surface area (Å²) in [7, 11) is 0. The lowest BCUT2D eigenvalue weighted by Gasteiger charge is -2.06.